The Morgan fingerprint density at radius 3 is 1.71 bits per heavy atom. The topological polar surface area (TPSA) is 142 Å². The van der Waals surface area contributed by atoms with E-state index < -0.39 is 6.09 Å². The first-order valence-electron chi connectivity index (χ1n) is 21.0. The van der Waals surface area contributed by atoms with Crippen LogP contribution in [0.4, 0.5) is 4.79 Å². The second-order valence-electron chi connectivity index (χ2n) is 17.8. The fourth-order valence-corrected chi connectivity index (χ4v) is 9.55. The molecule has 3 fully saturated rings. The monoisotopic (exact) mass is 796 g/mol. The average Bonchev–Trinajstić information content (AvgIpc) is 4.08. The molecule has 0 radical (unpaired) electrons. The maximum Gasteiger partial charge on any atom is 0.407 e. The Hall–Kier alpha value is -5.75. The largest absolute Gasteiger partial charge is 0.465 e. The molecule has 3 aliphatic heterocycles. The van der Waals surface area contributed by atoms with Crippen LogP contribution in [0.1, 0.15) is 94.6 Å². The first kappa shape index (κ1) is 40.0. The minimum Gasteiger partial charge on any atom is -0.465 e. The molecule has 3 aliphatic rings. The smallest absolute Gasteiger partial charge is 0.407 e. The Morgan fingerprint density at radius 1 is 0.695 bits per heavy atom. The number of aromatic amines is 2. The van der Waals surface area contributed by atoms with E-state index in [4.69, 9.17) is 9.97 Å². The zero-order chi connectivity index (χ0) is 41.4. The van der Waals surface area contributed by atoms with Crippen LogP contribution in [0.2, 0.25) is 0 Å². The number of carbonyl (C=O) groups is 3. The summed E-state index contributed by atoms with van der Waals surface area (Å²) in [5.74, 6) is 1.61. The number of hydrogen-bond acceptors (Lipinski definition) is 6. The molecule has 2 aromatic heterocycles. The summed E-state index contributed by atoms with van der Waals surface area (Å²) in [5, 5.41) is 9.82. The molecule has 3 N–H and O–H groups in total. The summed E-state index contributed by atoms with van der Waals surface area (Å²) in [6, 6.07) is 26.0. The zero-order valence-corrected chi connectivity index (χ0v) is 34.8. The van der Waals surface area contributed by atoms with Crippen LogP contribution in [0.25, 0.3) is 33.6 Å². The van der Waals surface area contributed by atoms with Crippen molar-refractivity contribution >= 4 is 17.9 Å². The second kappa shape index (κ2) is 16.5. The third kappa shape index (κ3) is 8.15. The molecule has 12 nitrogen and oxygen atoms in total. The molecule has 8 rings (SSSR count). The maximum absolute atomic E-state index is 14.0. The summed E-state index contributed by atoms with van der Waals surface area (Å²) < 4.78 is 0. The number of amides is 3. The first-order chi connectivity index (χ1) is 28.4. The number of rotatable bonds is 9. The molecular formula is C47H56N8O4. The van der Waals surface area contributed by atoms with E-state index in [-0.39, 0.29) is 47.3 Å². The molecule has 0 aliphatic carbocycles. The number of nitrogens with one attached hydrogen (secondary N) is 2. The van der Waals surface area contributed by atoms with Gasteiger partial charge in [-0.15, -0.1) is 0 Å². The molecule has 3 amide bonds. The third-order valence-corrected chi connectivity index (χ3v) is 12.7. The number of likely N-dealkylation sites (tertiary alicyclic amines) is 3. The van der Waals surface area contributed by atoms with E-state index in [1.807, 2.05) is 92.3 Å². The van der Waals surface area contributed by atoms with Gasteiger partial charge in [0, 0.05) is 31.6 Å². The highest BCUT2D eigenvalue weighted by Gasteiger charge is 2.44. The predicted molar refractivity (Wildman–Crippen MR) is 228 cm³/mol. The van der Waals surface area contributed by atoms with Crippen LogP contribution in [0.3, 0.4) is 0 Å². The summed E-state index contributed by atoms with van der Waals surface area (Å²) in [5.41, 5.74) is 6.78. The first-order valence-corrected chi connectivity index (χ1v) is 21.0. The van der Waals surface area contributed by atoms with E-state index in [9.17, 15) is 19.5 Å². The van der Waals surface area contributed by atoms with Crippen molar-refractivity contribution in [3.8, 4) is 33.6 Å². The summed E-state index contributed by atoms with van der Waals surface area (Å²) in [6.45, 7) is 7.91. The van der Waals surface area contributed by atoms with Gasteiger partial charge in [0.05, 0.1) is 35.9 Å². The van der Waals surface area contributed by atoms with Crippen molar-refractivity contribution < 1.29 is 19.5 Å². The van der Waals surface area contributed by atoms with Gasteiger partial charge in [0.25, 0.3) is 0 Å². The highest BCUT2D eigenvalue weighted by molar-refractivity contribution is 5.84. The Balaban J connectivity index is 0.910. The number of likely N-dealkylation sites (N-methyl/N-ethyl adjacent to an activating group) is 1. The Morgan fingerprint density at radius 2 is 1.20 bits per heavy atom. The standard InChI is InChI=1S/C47H56N8O4/c1-47(2,3)40-27-35(23-26-55(40)46(58)59)44(56)53-24-9-13-38(53)42-48-28-36(50-42)32-19-15-30(16-20-32)31-17-21-33(22-18-31)37-29-49-43(51-37)39-14-10-25-54(39)45(57)41(52(4)5)34-11-7-6-8-12-34/h6-8,11-12,15-22,28-29,35,38-41H,9-10,13-14,23-27H2,1-5H3,(H,48,50)(H,49,51)(H,58,59)/t35?,38-,39-,40?,41+/m0/s1. The lowest BCUT2D eigenvalue weighted by atomic mass is 9.76. The summed E-state index contributed by atoms with van der Waals surface area (Å²) in [7, 11) is 3.91. The summed E-state index contributed by atoms with van der Waals surface area (Å²) in [6.07, 6.45) is 7.45. The van der Waals surface area contributed by atoms with E-state index in [2.05, 4.69) is 58.5 Å². The number of carboxylic acid groups (broad SMARTS) is 1. The van der Waals surface area contributed by atoms with Gasteiger partial charge in [-0.3, -0.25) is 14.5 Å². The van der Waals surface area contributed by atoms with Crippen molar-refractivity contribution in [2.45, 2.75) is 83.5 Å². The number of piperidine rings is 1. The van der Waals surface area contributed by atoms with Crippen molar-refractivity contribution in [2.24, 2.45) is 11.3 Å². The van der Waals surface area contributed by atoms with E-state index >= 15 is 0 Å². The van der Waals surface area contributed by atoms with Gasteiger partial charge in [-0.1, -0.05) is 99.6 Å². The molecule has 5 heterocycles. The summed E-state index contributed by atoms with van der Waals surface area (Å²) in [4.78, 5) is 63.9. The van der Waals surface area contributed by atoms with Crippen LogP contribution in [-0.2, 0) is 9.59 Å². The minimum absolute atomic E-state index is 0.0948. The highest BCUT2D eigenvalue weighted by atomic mass is 16.4. The number of carbonyl (C=O) groups excluding carboxylic acids is 2. The molecule has 0 saturated carbocycles. The number of H-pyrrole nitrogens is 2. The fourth-order valence-electron chi connectivity index (χ4n) is 9.55. The molecule has 12 heteroatoms. The van der Waals surface area contributed by atoms with Gasteiger partial charge in [-0.25, -0.2) is 14.8 Å². The van der Waals surface area contributed by atoms with Crippen molar-refractivity contribution in [2.75, 3.05) is 33.7 Å². The van der Waals surface area contributed by atoms with Gasteiger partial charge >= 0.3 is 6.09 Å². The Labute approximate surface area is 346 Å². The number of nitrogens with zero attached hydrogens (tertiary/aromatic N) is 6. The van der Waals surface area contributed by atoms with Gasteiger partial charge in [0.1, 0.15) is 17.7 Å². The lowest BCUT2D eigenvalue weighted by Gasteiger charge is -2.45. The highest BCUT2D eigenvalue weighted by Crippen LogP contribution is 2.40. The van der Waals surface area contributed by atoms with Crippen LogP contribution in [0.15, 0.2) is 91.3 Å². The molecule has 308 valence electrons. The molecule has 2 unspecified atom stereocenters. The molecule has 5 atom stereocenters. The number of imidazole rings is 2. The number of aromatic nitrogens is 4. The summed E-state index contributed by atoms with van der Waals surface area (Å²) >= 11 is 0. The zero-order valence-electron chi connectivity index (χ0n) is 34.8. The van der Waals surface area contributed by atoms with E-state index in [0.29, 0.717) is 32.5 Å². The normalized spacial score (nSPS) is 21.6. The van der Waals surface area contributed by atoms with Gasteiger partial charge in [0.2, 0.25) is 11.8 Å². The molecule has 3 aromatic carbocycles. The molecule has 3 saturated heterocycles. The van der Waals surface area contributed by atoms with E-state index in [1.54, 1.807) is 0 Å². The van der Waals surface area contributed by atoms with Crippen molar-refractivity contribution in [3.05, 3.63) is 108 Å². The molecule has 5 aromatic rings. The van der Waals surface area contributed by atoms with Crippen molar-refractivity contribution in [3.63, 3.8) is 0 Å². The SMILES string of the molecule is CN(C)[C@@H](C(=O)N1CCC[C@H]1c1ncc(-c2ccc(-c3ccc(-c4cnc([C@@H]5CCCN5C(=O)C5CCN(C(=O)O)C(C(C)(C)C)C5)[nH]4)cc3)cc2)[nH]1)c1ccccc1. The number of benzene rings is 3. The molecular weight excluding hydrogens is 741 g/mol. The lowest BCUT2D eigenvalue weighted by molar-refractivity contribution is -0.139. The van der Waals surface area contributed by atoms with E-state index in [0.717, 1.165) is 76.5 Å². The van der Waals surface area contributed by atoms with Crippen LogP contribution in [-0.4, -0.2) is 102 Å². The predicted octanol–water partition coefficient (Wildman–Crippen LogP) is 8.57. The molecule has 59 heavy (non-hydrogen) atoms. The Bertz CT molecular complexity index is 2260. The number of hydrogen-bond donors (Lipinski definition) is 3. The second-order valence-corrected chi connectivity index (χ2v) is 17.8. The fraction of sp³-hybridized carbons (Fsp3) is 0.426. The maximum atomic E-state index is 14.0. The van der Waals surface area contributed by atoms with Gasteiger partial charge in [-0.05, 0) is 85.9 Å². The minimum atomic E-state index is -0.913. The quantitative estimate of drug-likeness (QED) is 0.136. The van der Waals surface area contributed by atoms with Crippen molar-refractivity contribution in [1.29, 1.82) is 0 Å². The van der Waals surface area contributed by atoms with Crippen molar-refractivity contribution in [1.82, 2.24) is 39.5 Å². The lowest BCUT2D eigenvalue weighted by Crippen LogP contribution is -2.54. The molecule has 0 bridgehead atoms. The molecule has 0 spiro atoms. The van der Waals surface area contributed by atoms with Gasteiger partial charge in [-0.2, -0.15) is 0 Å². The van der Waals surface area contributed by atoms with Crippen LogP contribution < -0.4 is 0 Å². The third-order valence-electron chi connectivity index (χ3n) is 12.7. The van der Waals surface area contributed by atoms with Crippen LogP contribution in [0, 0.1) is 11.3 Å². The van der Waals surface area contributed by atoms with Crippen LogP contribution >= 0.6 is 0 Å². The van der Waals surface area contributed by atoms with Crippen LogP contribution in [0.5, 0.6) is 0 Å². The average molecular weight is 797 g/mol. The van der Waals surface area contributed by atoms with E-state index in [1.165, 1.54) is 4.90 Å². The van der Waals surface area contributed by atoms with Gasteiger partial charge < -0.3 is 29.8 Å². The van der Waals surface area contributed by atoms with Gasteiger partial charge in [0.15, 0.2) is 0 Å². The Kier molecular flexibility index (Phi) is 11.2.